The Kier molecular flexibility index (Phi) is 32.8. The zero-order chi connectivity index (χ0) is 80.1. The maximum Gasteiger partial charge on any atom is 0.325 e. The number of anilines is 2. The van der Waals surface area contributed by atoms with E-state index in [1.807, 2.05) is 56.3 Å². The van der Waals surface area contributed by atoms with Gasteiger partial charge in [0.25, 0.3) is 5.91 Å². The van der Waals surface area contributed by atoms with Gasteiger partial charge in [0.2, 0.25) is 70.9 Å². The molecule has 586 valence electrons. The molecule has 1 unspecified atom stereocenters. The fourth-order valence-electron chi connectivity index (χ4n) is 12.3. The Bertz CT molecular complexity index is 4250. The zero-order valence-electron chi connectivity index (χ0n) is 62.2. The van der Waals surface area contributed by atoms with Crippen LogP contribution in [0.5, 0.6) is 0 Å². The third-order valence-corrected chi connectivity index (χ3v) is 18.0. The highest BCUT2D eigenvalue weighted by molar-refractivity contribution is 6.30. The van der Waals surface area contributed by atoms with Crippen LogP contribution in [0.15, 0.2) is 140 Å². The Hall–Kier alpha value is -11.7. The number of rotatable bonds is 39. The van der Waals surface area contributed by atoms with Gasteiger partial charge in [-0.25, -0.2) is 0 Å². The summed E-state index contributed by atoms with van der Waals surface area (Å²) in [7, 11) is 0. The Labute approximate surface area is 641 Å². The quantitative estimate of drug-likeness (QED) is 0.0194. The zero-order valence-corrected chi connectivity index (χ0v) is 63.0. The minimum absolute atomic E-state index is 0.00621. The number of aliphatic hydroxyl groups is 1. The number of aromatic nitrogens is 1. The molecule has 0 saturated carbocycles. The number of hydrogen-bond donors (Lipinski definition) is 15. The third-order valence-electron chi connectivity index (χ3n) is 17.8. The highest BCUT2D eigenvalue weighted by Gasteiger charge is 2.41. The molecule has 0 radical (unpaired) electrons. The molecule has 1 fully saturated rings. The number of fused-ring (bicyclic) bond motifs is 1. The summed E-state index contributed by atoms with van der Waals surface area (Å²) >= 11 is 6.25. The van der Waals surface area contributed by atoms with E-state index >= 15 is 9.59 Å². The van der Waals surface area contributed by atoms with Crippen LogP contribution in [-0.2, 0) is 99.2 Å². The van der Waals surface area contributed by atoms with Crippen LogP contribution in [0.4, 0.5) is 11.4 Å². The number of carbonyl (C=O) groups is 14. The smallest absolute Gasteiger partial charge is 0.325 e. The summed E-state index contributed by atoms with van der Waals surface area (Å²) in [5.41, 5.74) is 3.06. The lowest BCUT2D eigenvalue weighted by Crippen LogP contribution is -2.64. The number of hydrogen-bond acceptors (Lipinski definition) is 17. The van der Waals surface area contributed by atoms with Crippen molar-refractivity contribution in [2.45, 2.75) is 179 Å². The molecule has 10 atom stereocenters. The largest absolute Gasteiger partial charge is 0.480 e. The van der Waals surface area contributed by atoms with Crippen molar-refractivity contribution < 1.29 is 77.3 Å². The molecule has 110 heavy (non-hydrogen) atoms. The minimum Gasteiger partial charge on any atom is -0.480 e. The van der Waals surface area contributed by atoms with Gasteiger partial charge in [-0.05, 0) is 127 Å². The van der Waals surface area contributed by atoms with Crippen LogP contribution in [-0.4, -0.2) is 189 Å². The maximum atomic E-state index is 15.2. The van der Waals surface area contributed by atoms with Gasteiger partial charge in [-0.2, -0.15) is 0 Å². The number of carboxylic acid groups (broad SMARTS) is 1. The second-order valence-corrected chi connectivity index (χ2v) is 27.7. The van der Waals surface area contributed by atoms with Crippen molar-refractivity contribution in [3.63, 3.8) is 0 Å². The van der Waals surface area contributed by atoms with Gasteiger partial charge in [0.1, 0.15) is 54.4 Å². The van der Waals surface area contributed by atoms with E-state index in [2.05, 4.69) is 74.1 Å². The van der Waals surface area contributed by atoms with Crippen molar-refractivity contribution in [2.75, 3.05) is 30.3 Å². The first kappa shape index (κ1) is 85.5. The van der Waals surface area contributed by atoms with Gasteiger partial charge < -0.3 is 84.2 Å². The van der Waals surface area contributed by atoms with Crippen molar-refractivity contribution in [1.82, 2.24) is 68.4 Å². The Morgan fingerprint density at radius 1 is 0.473 bits per heavy atom. The molecule has 7 rings (SSSR count). The van der Waals surface area contributed by atoms with Gasteiger partial charge in [-0.3, -0.25) is 72.1 Å². The first-order valence-electron chi connectivity index (χ1n) is 36.1. The molecule has 1 aliphatic rings. The van der Waals surface area contributed by atoms with E-state index in [0.29, 0.717) is 70.0 Å². The fraction of sp³-hybridized carbons (Fsp3) is 0.397. The van der Waals surface area contributed by atoms with Crippen molar-refractivity contribution in [2.24, 2.45) is 0 Å². The van der Waals surface area contributed by atoms with E-state index in [0.717, 1.165) is 17.7 Å². The van der Waals surface area contributed by atoms with E-state index in [-0.39, 0.29) is 57.5 Å². The number of carbonyl (C=O) groups excluding carboxylic acids is 13. The number of aliphatic hydroxyl groups excluding tert-OH is 1. The molecule has 31 nitrogen and oxygen atoms in total. The summed E-state index contributed by atoms with van der Waals surface area (Å²) < 4.78 is 0. The van der Waals surface area contributed by atoms with Gasteiger partial charge in [0, 0.05) is 101 Å². The molecule has 2 heterocycles. The van der Waals surface area contributed by atoms with Crippen molar-refractivity contribution >= 4 is 117 Å². The normalized spacial score (nSPS) is 14.9. The summed E-state index contributed by atoms with van der Waals surface area (Å²) in [6.07, 6.45) is 1.16. The number of nitrogens with one attached hydrogen (secondary N) is 13. The molecule has 0 bridgehead atoms. The van der Waals surface area contributed by atoms with Crippen LogP contribution in [0, 0.1) is 0 Å². The molecule has 15 N–H and O–H groups in total. The Morgan fingerprint density at radius 2 is 0.927 bits per heavy atom. The Balaban J connectivity index is 1.18. The number of unbranched alkanes of at least 4 members (excludes halogenated alkanes) is 1. The number of benzene rings is 5. The summed E-state index contributed by atoms with van der Waals surface area (Å²) in [6, 6.07) is 21.7. The van der Waals surface area contributed by atoms with Crippen molar-refractivity contribution in [1.29, 1.82) is 0 Å². The van der Waals surface area contributed by atoms with Crippen LogP contribution in [0.25, 0.3) is 10.8 Å². The number of carboxylic acids is 1. The number of amides is 13. The molecule has 1 aliphatic heterocycles. The summed E-state index contributed by atoms with van der Waals surface area (Å²) in [6.45, 7) is 9.52. The van der Waals surface area contributed by atoms with Crippen LogP contribution < -0.4 is 69.1 Å². The molecule has 0 spiro atoms. The minimum atomic E-state index is -1.96. The van der Waals surface area contributed by atoms with E-state index in [4.69, 9.17) is 11.6 Å². The standard InChI is InChI=1S/C78H96ClN15O16/c1-44(2)81-34-11-10-17-60(77(108)94-35-13-18-67(94)75(106)82-45(3)78(109)110)87-76(107)68(86-49(7)99)93-73(104)64(39-52-24-31-59(32-25-52)84-47(5)97)89-71(102)63(38-51-22-29-58(30-23-51)83-46(4)96)91-74(105)66(43-95)92-72(103)65(41-54-14-12-33-80-42-54)90-70(101)62(37-50-20-27-57(79)28-21-50)88-69(100)61(85-48(6)98)40-53-19-26-55-15-8-9-16-56(55)36-53/h8-9,12,14-16,19-33,36,42,44-45,60-68,81,95H,10-11,13,17-18,34-35,37-41,43H2,1-7H3,(H,82,106)(H,83,96)(H,84,97)(H,85,98)(H,86,99)(H,87,107)(H,88,100)(H,89,102)(H,90,101)(H,91,105)(H,92,103)(H,93,104)(H,109,110)/t45-,60+,61-,62-,63+,64-,65-,66+,67+,68?/m1/s1. The van der Waals surface area contributed by atoms with Gasteiger partial charge in [0.05, 0.1) is 6.61 Å². The average Bonchev–Trinajstić information content (AvgIpc) is 1.77. The van der Waals surface area contributed by atoms with Gasteiger partial charge in [-0.1, -0.05) is 110 Å². The lowest BCUT2D eigenvalue weighted by Gasteiger charge is -2.31. The molecule has 5 aromatic carbocycles. The van der Waals surface area contributed by atoms with Crippen molar-refractivity contribution in [3.8, 4) is 0 Å². The number of likely N-dealkylation sites (tertiary alicyclic amines) is 1. The molecule has 0 aliphatic carbocycles. The summed E-state index contributed by atoms with van der Waals surface area (Å²) in [5, 5.41) is 57.2. The second-order valence-electron chi connectivity index (χ2n) is 27.3. The van der Waals surface area contributed by atoms with Crippen molar-refractivity contribution in [3.05, 3.63) is 173 Å². The van der Waals surface area contributed by atoms with Gasteiger partial charge in [0.15, 0.2) is 6.17 Å². The van der Waals surface area contributed by atoms with E-state index < -0.39 is 150 Å². The predicted molar refractivity (Wildman–Crippen MR) is 409 cm³/mol. The number of aliphatic carboxylic acids is 1. The SMILES string of the molecule is CC(=O)Nc1ccc(C[C@H](NC(=O)[C@H](CO)NC(=O)[C@@H](Cc2cccnc2)NC(=O)[C@@H](Cc2ccc(Cl)cc2)NC(=O)[C@@H](Cc2ccc3ccccc3c2)NC(C)=O)C(=O)N[C@H](Cc2ccc(NC(C)=O)cc2)C(=O)NC(NC(C)=O)C(=O)N[C@@H](CCCCNC(C)C)C(=O)N2CCC[C@H]2C(=O)N[C@H](C)C(=O)O)cc1. The summed E-state index contributed by atoms with van der Waals surface area (Å²) in [5.74, 6) is -12.0. The maximum absolute atomic E-state index is 15.2. The van der Waals surface area contributed by atoms with Crippen LogP contribution in [0.1, 0.15) is 108 Å². The lowest BCUT2D eigenvalue weighted by molar-refractivity contribution is -0.144. The molecule has 1 saturated heterocycles. The third kappa shape index (κ3) is 27.5. The molecular formula is C78H96ClN15O16. The second kappa shape index (κ2) is 42.2. The Morgan fingerprint density at radius 3 is 1.41 bits per heavy atom. The highest BCUT2D eigenvalue weighted by atomic mass is 35.5. The van der Waals surface area contributed by atoms with E-state index in [1.54, 1.807) is 36.4 Å². The fourth-order valence-corrected chi connectivity index (χ4v) is 12.4. The number of pyridine rings is 1. The van der Waals surface area contributed by atoms with Gasteiger partial charge >= 0.3 is 5.97 Å². The number of nitrogens with zero attached hydrogens (tertiary/aromatic N) is 2. The molecule has 32 heteroatoms. The summed E-state index contributed by atoms with van der Waals surface area (Å²) in [4.78, 5) is 199. The molecule has 13 amide bonds. The van der Waals surface area contributed by atoms with Crippen LogP contribution in [0.2, 0.25) is 5.02 Å². The highest BCUT2D eigenvalue weighted by Crippen LogP contribution is 2.23. The molecule has 6 aromatic rings. The topological polar surface area (TPSA) is 452 Å². The number of halogens is 1. The molecule has 1 aromatic heterocycles. The van der Waals surface area contributed by atoms with Crippen LogP contribution >= 0.6 is 11.6 Å². The van der Waals surface area contributed by atoms with E-state index in [1.165, 1.54) is 93.5 Å². The average molecular weight is 1540 g/mol. The van der Waals surface area contributed by atoms with Crippen LogP contribution in [0.3, 0.4) is 0 Å². The first-order valence-corrected chi connectivity index (χ1v) is 36.5. The monoisotopic (exact) mass is 1530 g/mol. The lowest BCUT2D eigenvalue weighted by atomic mass is 9.99. The van der Waals surface area contributed by atoms with Gasteiger partial charge in [-0.15, -0.1) is 0 Å². The predicted octanol–water partition coefficient (Wildman–Crippen LogP) is 2.05. The molecular weight excluding hydrogens is 1440 g/mol. The first-order chi connectivity index (χ1) is 52.4. The van der Waals surface area contributed by atoms with E-state index in [9.17, 15) is 67.7 Å².